The molecular weight excluding hydrogens is 380 g/mol. The van der Waals surface area contributed by atoms with Crippen LogP contribution >= 0.6 is 0 Å². The fraction of sp³-hybridized carbons (Fsp3) is 0.375. The van der Waals surface area contributed by atoms with Crippen LogP contribution in [0.25, 0.3) is 10.9 Å². The summed E-state index contributed by atoms with van der Waals surface area (Å²) in [6, 6.07) is 11.6. The Hall–Kier alpha value is -3.15. The van der Waals surface area contributed by atoms with Crippen LogP contribution in [0.3, 0.4) is 0 Å². The highest BCUT2D eigenvalue weighted by Crippen LogP contribution is 2.59. The summed E-state index contributed by atoms with van der Waals surface area (Å²) in [5, 5.41) is 1.13. The summed E-state index contributed by atoms with van der Waals surface area (Å²) in [6.07, 6.45) is 2.14. The molecule has 1 N–H and O–H groups in total. The van der Waals surface area contributed by atoms with E-state index in [1.807, 2.05) is 35.2 Å². The van der Waals surface area contributed by atoms with Gasteiger partial charge in [-0.3, -0.25) is 4.79 Å². The Balaban J connectivity index is 1.80. The summed E-state index contributed by atoms with van der Waals surface area (Å²) < 4.78 is 16.8. The van der Waals surface area contributed by atoms with E-state index >= 15 is 0 Å². The van der Waals surface area contributed by atoms with Gasteiger partial charge >= 0.3 is 0 Å². The largest absolute Gasteiger partial charge is 0.497 e. The number of hydrogen-bond acceptors (Lipinski definition) is 4. The summed E-state index contributed by atoms with van der Waals surface area (Å²) in [5.41, 5.74) is 4.31. The lowest BCUT2D eigenvalue weighted by molar-refractivity contribution is -0.131. The SMILES string of the molecule is COc1ccc(C2c3[nH]c4cccc(OC)c4c3C3(CC3)CN2C(C)=O)c(OC)c1. The van der Waals surface area contributed by atoms with Gasteiger partial charge in [-0.15, -0.1) is 0 Å². The first kappa shape index (κ1) is 18.9. The Morgan fingerprint density at radius 2 is 1.83 bits per heavy atom. The van der Waals surface area contributed by atoms with Crippen molar-refractivity contribution in [3.05, 3.63) is 53.2 Å². The molecule has 30 heavy (non-hydrogen) atoms. The van der Waals surface area contributed by atoms with Gasteiger partial charge in [-0.2, -0.15) is 0 Å². The van der Waals surface area contributed by atoms with E-state index in [0.29, 0.717) is 12.3 Å². The normalized spacial score (nSPS) is 18.9. The van der Waals surface area contributed by atoms with E-state index in [2.05, 4.69) is 11.1 Å². The number of rotatable bonds is 4. The maximum absolute atomic E-state index is 12.8. The van der Waals surface area contributed by atoms with Gasteiger partial charge in [0.05, 0.1) is 21.3 Å². The lowest BCUT2D eigenvalue weighted by Crippen LogP contribution is -2.44. The van der Waals surface area contributed by atoms with E-state index in [1.54, 1.807) is 28.3 Å². The lowest BCUT2D eigenvalue weighted by Gasteiger charge is -2.40. The number of carbonyl (C=O) groups excluding carboxylic acids is 1. The van der Waals surface area contributed by atoms with Crippen molar-refractivity contribution in [2.45, 2.75) is 31.2 Å². The van der Waals surface area contributed by atoms with Crippen LogP contribution in [-0.2, 0) is 10.2 Å². The van der Waals surface area contributed by atoms with Gasteiger partial charge in [0.2, 0.25) is 5.91 Å². The zero-order valence-corrected chi connectivity index (χ0v) is 17.7. The third-order valence-electron chi connectivity index (χ3n) is 6.62. The van der Waals surface area contributed by atoms with E-state index in [9.17, 15) is 4.79 Å². The number of amides is 1. The molecule has 0 bridgehead atoms. The molecule has 156 valence electrons. The molecule has 0 saturated heterocycles. The number of fused-ring (bicyclic) bond motifs is 4. The number of aromatic nitrogens is 1. The highest BCUT2D eigenvalue weighted by molar-refractivity contribution is 5.93. The predicted octanol–water partition coefficient (Wildman–Crippen LogP) is 4.18. The fourth-order valence-electron chi connectivity index (χ4n) is 5.03. The van der Waals surface area contributed by atoms with Crippen molar-refractivity contribution in [2.24, 2.45) is 0 Å². The smallest absolute Gasteiger partial charge is 0.220 e. The molecule has 1 aliphatic heterocycles. The molecular formula is C24H26N2O4. The van der Waals surface area contributed by atoms with E-state index in [4.69, 9.17) is 14.2 Å². The highest BCUT2D eigenvalue weighted by Gasteiger charge is 2.55. The Labute approximate surface area is 175 Å². The molecule has 3 aromatic rings. The minimum atomic E-state index is -0.262. The summed E-state index contributed by atoms with van der Waals surface area (Å²) in [7, 11) is 5.00. The molecule has 1 spiro atoms. The summed E-state index contributed by atoms with van der Waals surface area (Å²) in [5.74, 6) is 2.35. The number of nitrogens with one attached hydrogen (secondary N) is 1. The lowest BCUT2D eigenvalue weighted by atomic mass is 9.82. The second-order valence-corrected chi connectivity index (χ2v) is 8.23. The number of hydrogen-bond donors (Lipinski definition) is 1. The maximum Gasteiger partial charge on any atom is 0.220 e. The molecule has 1 amide bonds. The second kappa shape index (κ2) is 6.69. The first-order valence-corrected chi connectivity index (χ1v) is 10.2. The molecule has 2 aromatic carbocycles. The minimum Gasteiger partial charge on any atom is -0.497 e. The quantitative estimate of drug-likeness (QED) is 0.706. The average Bonchev–Trinajstić information content (AvgIpc) is 3.41. The zero-order chi connectivity index (χ0) is 21.0. The van der Waals surface area contributed by atoms with Gasteiger partial charge in [0.1, 0.15) is 23.3 Å². The Morgan fingerprint density at radius 3 is 2.47 bits per heavy atom. The molecule has 6 heteroatoms. The number of H-pyrrole nitrogens is 1. The van der Waals surface area contributed by atoms with Crippen LogP contribution in [0.2, 0.25) is 0 Å². The summed E-state index contributed by atoms with van der Waals surface area (Å²) in [4.78, 5) is 18.4. The van der Waals surface area contributed by atoms with Crippen molar-refractivity contribution in [1.82, 2.24) is 9.88 Å². The number of ether oxygens (including phenoxy) is 3. The molecule has 1 atom stereocenters. The molecule has 2 heterocycles. The molecule has 1 fully saturated rings. The number of benzene rings is 2. The molecule has 1 aliphatic carbocycles. The minimum absolute atomic E-state index is 0.00983. The molecule has 1 saturated carbocycles. The van der Waals surface area contributed by atoms with Gasteiger partial charge in [0.15, 0.2) is 0 Å². The van der Waals surface area contributed by atoms with E-state index in [-0.39, 0.29) is 17.4 Å². The van der Waals surface area contributed by atoms with Crippen LogP contribution in [0.15, 0.2) is 36.4 Å². The van der Waals surface area contributed by atoms with Crippen LogP contribution < -0.4 is 14.2 Å². The Bertz CT molecular complexity index is 1150. The van der Waals surface area contributed by atoms with Gasteiger partial charge < -0.3 is 24.1 Å². The van der Waals surface area contributed by atoms with E-state index < -0.39 is 0 Å². The third kappa shape index (κ3) is 2.59. The Kier molecular flexibility index (Phi) is 4.20. The van der Waals surface area contributed by atoms with Gasteiger partial charge in [0, 0.05) is 47.1 Å². The van der Waals surface area contributed by atoms with Crippen molar-refractivity contribution < 1.29 is 19.0 Å². The molecule has 6 nitrogen and oxygen atoms in total. The first-order valence-electron chi connectivity index (χ1n) is 10.2. The molecule has 5 rings (SSSR count). The van der Waals surface area contributed by atoms with Gasteiger partial charge in [-0.05, 0) is 42.7 Å². The van der Waals surface area contributed by atoms with Crippen LogP contribution in [0.4, 0.5) is 0 Å². The van der Waals surface area contributed by atoms with Crippen LogP contribution in [0.5, 0.6) is 17.2 Å². The molecule has 1 unspecified atom stereocenters. The van der Waals surface area contributed by atoms with Crippen molar-refractivity contribution in [3.63, 3.8) is 0 Å². The third-order valence-corrected chi connectivity index (χ3v) is 6.62. The topological polar surface area (TPSA) is 63.8 Å². The van der Waals surface area contributed by atoms with Crippen molar-refractivity contribution in [1.29, 1.82) is 0 Å². The van der Waals surface area contributed by atoms with Crippen LogP contribution in [0, 0.1) is 0 Å². The number of carbonyl (C=O) groups is 1. The molecule has 0 radical (unpaired) electrons. The zero-order valence-electron chi connectivity index (χ0n) is 17.7. The van der Waals surface area contributed by atoms with Gasteiger partial charge in [-0.25, -0.2) is 0 Å². The number of methoxy groups -OCH3 is 3. The van der Waals surface area contributed by atoms with Gasteiger partial charge in [0.25, 0.3) is 0 Å². The molecule has 2 aliphatic rings. The van der Waals surface area contributed by atoms with Crippen molar-refractivity contribution in [3.8, 4) is 17.2 Å². The van der Waals surface area contributed by atoms with E-state index in [1.165, 1.54) is 5.56 Å². The number of nitrogens with zero attached hydrogens (tertiary/aromatic N) is 1. The van der Waals surface area contributed by atoms with Crippen LogP contribution in [0.1, 0.15) is 42.6 Å². The monoisotopic (exact) mass is 406 g/mol. The highest BCUT2D eigenvalue weighted by atomic mass is 16.5. The summed E-state index contributed by atoms with van der Waals surface area (Å²) in [6.45, 7) is 2.34. The average molecular weight is 406 g/mol. The van der Waals surface area contributed by atoms with Crippen molar-refractivity contribution >= 4 is 16.8 Å². The summed E-state index contributed by atoms with van der Waals surface area (Å²) >= 11 is 0. The maximum atomic E-state index is 12.8. The predicted molar refractivity (Wildman–Crippen MR) is 115 cm³/mol. The van der Waals surface area contributed by atoms with Crippen LogP contribution in [-0.4, -0.2) is 43.7 Å². The van der Waals surface area contributed by atoms with E-state index in [0.717, 1.165) is 46.5 Å². The van der Waals surface area contributed by atoms with Gasteiger partial charge in [-0.1, -0.05) is 6.07 Å². The fourth-order valence-corrected chi connectivity index (χ4v) is 5.03. The second-order valence-electron chi connectivity index (χ2n) is 8.23. The standard InChI is InChI=1S/C24H26N2O4/c1-14(27)26-13-24(10-11-24)21-20-17(6-5-7-18(20)29-3)25-22(21)23(26)16-9-8-15(28-2)12-19(16)30-4/h5-9,12,23,25H,10-11,13H2,1-4H3. The number of aromatic amines is 1. The molecule has 1 aromatic heterocycles. The van der Waals surface area contributed by atoms with Crippen molar-refractivity contribution in [2.75, 3.05) is 27.9 Å². The Morgan fingerprint density at radius 1 is 1.07 bits per heavy atom. The first-order chi connectivity index (χ1) is 14.5.